The van der Waals surface area contributed by atoms with E-state index in [0.29, 0.717) is 45.4 Å². The Bertz CT molecular complexity index is 1600. The molecule has 16 nitrogen and oxygen atoms in total. The molecule has 50 heavy (non-hydrogen) atoms. The number of amides is 1. The number of rotatable bonds is 10. The standard InChI is InChI=1S/C11H13NO5.C10H16N2O4.C7H8O2.C6H8N2/c1-6(13)12-8(11(16)17)4-7-2-3-9(14)10(15)5-7;11-7-5-8(12)10(16-4-2-14)6-9(7)15-3-1-13;1-5-6(8)3-2-4-7(5)9;7-5-2-1-3-6(8)4-5/h2-3,5,8,14-15H,4H2,1H3,(H,12,13)(H,16,17);5-6,13-14H,1-4,11-12H2;2-4,8-9H,1H3;1-4H,7-8H2/t8-;;;/m0.../s1. The van der Waals surface area contributed by atoms with Crippen LogP contribution in [0.15, 0.2) is 72.8 Å². The molecular weight excluding hydrogens is 654 g/mol. The van der Waals surface area contributed by atoms with Crippen LogP contribution in [0.1, 0.15) is 18.1 Å². The van der Waals surface area contributed by atoms with Gasteiger partial charge in [0.15, 0.2) is 11.5 Å². The lowest BCUT2D eigenvalue weighted by Crippen LogP contribution is -2.41. The number of nitrogen functional groups attached to an aromatic ring is 4. The van der Waals surface area contributed by atoms with Crippen molar-refractivity contribution < 1.29 is 54.8 Å². The topological polar surface area (TPSA) is 310 Å². The smallest absolute Gasteiger partial charge is 0.326 e. The number of carbonyl (C=O) groups excluding carboxylic acids is 1. The van der Waals surface area contributed by atoms with E-state index in [1.54, 1.807) is 31.2 Å². The van der Waals surface area contributed by atoms with Gasteiger partial charge < -0.3 is 73.5 Å². The van der Waals surface area contributed by atoms with Gasteiger partial charge in [0.1, 0.15) is 42.3 Å². The molecule has 0 aliphatic heterocycles. The van der Waals surface area contributed by atoms with Gasteiger partial charge in [-0.05, 0) is 61.0 Å². The average Bonchev–Trinajstić information content (AvgIpc) is 3.05. The second-order valence-corrected chi connectivity index (χ2v) is 10.3. The fourth-order valence-electron chi connectivity index (χ4n) is 3.70. The van der Waals surface area contributed by atoms with E-state index in [-0.39, 0.29) is 55.8 Å². The van der Waals surface area contributed by atoms with Gasteiger partial charge in [0.25, 0.3) is 0 Å². The predicted octanol–water partition coefficient (Wildman–Crippen LogP) is 2.08. The Balaban J connectivity index is 0.000000349. The monoisotopic (exact) mass is 699 g/mol. The number of phenols is 4. The summed E-state index contributed by atoms with van der Waals surface area (Å²) in [5, 5.41) is 64.6. The minimum atomic E-state index is -1.16. The van der Waals surface area contributed by atoms with Crippen molar-refractivity contribution in [3.05, 3.63) is 83.9 Å². The number of aliphatic hydroxyl groups excluding tert-OH is 2. The van der Waals surface area contributed by atoms with Crippen LogP contribution in [-0.4, -0.2) is 80.1 Å². The van der Waals surface area contributed by atoms with Crippen molar-refractivity contribution in [1.82, 2.24) is 5.32 Å². The Morgan fingerprint density at radius 1 is 0.700 bits per heavy atom. The number of hydrogen-bond acceptors (Lipinski definition) is 14. The summed E-state index contributed by atoms with van der Waals surface area (Å²) in [5.41, 5.74) is 25.3. The van der Waals surface area contributed by atoms with E-state index in [4.69, 9.17) is 63.0 Å². The number of carbonyl (C=O) groups is 2. The van der Waals surface area contributed by atoms with Crippen LogP contribution in [0.25, 0.3) is 0 Å². The molecular formula is C34H45N5O11. The summed E-state index contributed by atoms with van der Waals surface area (Å²) < 4.78 is 10.4. The van der Waals surface area contributed by atoms with Gasteiger partial charge >= 0.3 is 5.97 Å². The van der Waals surface area contributed by atoms with Gasteiger partial charge in [-0.25, -0.2) is 4.79 Å². The maximum Gasteiger partial charge on any atom is 0.326 e. The highest BCUT2D eigenvalue weighted by molar-refractivity contribution is 5.82. The Morgan fingerprint density at radius 2 is 1.20 bits per heavy atom. The molecule has 0 aliphatic carbocycles. The summed E-state index contributed by atoms with van der Waals surface area (Å²) >= 11 is 0. The van der Waals surface area contributed by atoms with Gasteiger partial charge in [-0.2, -0.15) is 0 Å². The van der Waals surface area contributed by atoms with Gasteiger partial charge in [-0.15, -0.1) is 0 Å². The fraction of sp³-hybridized carbons (Fsp3) is 0.235. The quantitative estimate of drug-likeness (QED) is 0.0833. The molecule has 4 rings (SSSR count). The first-order chi connectivity index (χ1) is 23.6. The molecule has 1 atom stereocenters. The van der Waals surface area contributed by atoms with Crippen molar-refractivity contribution in [2.24, 2.45) is 0 Å². The number of nitrogens with two attached hydrogens (primary N) is 4. The number of nitrogens with one attached hydrogen (secondary N) is 1. The minimum Gasteiger partial charge on any atom is -0.508 e. The molecule has 272 valence electrons. The Hall–Kier alpha value is -6.26. The number of ether oxygens (including phenoxy) is 2. The molecule has 0 fully saturated rings. The molecule has 0 saturated heterocycles. The molecule has 4 aromatic carbocycles. The number of aliphatic carboxylic acids is 1. The molecule has 1 amide bonds. The predicted molar refractivity (Wildman–Crippen MR) is 189 cm³/mol. The summed E-state index contributed by atoms with van der Waals surface area (Å²) in [4.78, 5) is 21.7. The number of aliphatic hydroxyl groups is 2. The molecule has 0 saturated carbocycles. The van der Waals surface area contributed by atoms with Crippen molar-refractivity contribution in [2.45, 2.75) is 26.3 Å². The van der Waals surface area contributed by atoms with Crippen LogP contribution in [0.4, 0.5) is 22.7 Å². The van der Waals surface area contributed by atoms with E-state index in [1.165, 1.54) is 49.4 Å². The van der Waals surface area contributed by atoms with Crippen LogP contribution in [-0.2, 0) is 16.0 Å². The van der Waals surface area contributed by atoms with Crippen LogP contribution in [0.3, 0.4) is 0 Å². The van der Waals surface area contributed by atoms with E-state index < -0.39 is 17.9 Å². The minimum absolute atomic E-state index is 0.0305. The average molecular weight is 700 g/mol. The van der Waals surface area contributed by atoms with Crippen molar-refractivity contribution >= 4 is 34.6 Å². The van der Waals surface area contributed by atoms with Crippen molar-refractivity contribution in [3.63, 3.8) is 0 Å². The lowest BCUT2D eigenvalue weighted by Gasteiger charge is -2.13. The van der Waals surface area contributed by atoms with Crippen molar-refractivity contribution in [3.8, 4) is 34.5 Å². The van der Waals surface area contributed by atoms with E-state index in [1.807, 2.05) is 6.07 Å². The fourth-order valence-corrected chi connectivity index (χ4v) is 3.70. The third-order valence-corrected chi connectivity index (χ3v) is 6.18. The van der Waals surface area contributed by atoms with Gasteiger partial charge in [0, 0.05) is 36.3 Å². The molecule has 0 heterocycles. The number of carboxylic acid groups (broad SMARTS) is 1. The van der Waals surface area contributed by atoms with E-state index in [2.05, 4.69) is 5.32 Å². The second kappa shape index (κ2) is 21.6. The molecule has 0 unspecified atom stereocenters. The highest BCUT2D eigenvalue weighted by Crippen LogP contribution is 2.33. The zero-order chi connectivity index (χ0) is 37.8. The normalized spacial score (nSPS) is 10.4. The van der Waals surface area contributed by atoms with Crippen molar-refractivity contribution in [2.75, 3.05) is 49.4 Å². The summed E-state index contributed by atoms with van der Waals surface area (Å²) in [7, 11) is 0. The highest BCUT2D eigenvalue weighted by Gasteiger charge is 2.19. The molecule has 4 aromatic rings. The molecule has 16 N–H and O–H groups in total. The second-order valence-electron chi connectivity index (χ2n) is 10.3. The largest absolute Gasteiger partial charge is 0.508 e. The first kappa shape index (κ1) is 41.8. The number of hydrogen-bond donors (Lipinski definition) is 12. The molecule has 0 aliphatic rings. The lowest BCUT2D eigenvalue weighted by atomic mass is 10.1. The summed E-state index contributed by atoms with van der Waals surface area (Å²) in [6, 6.07) is 17.8. The van der Waals surface area contributed by atoms with Crippen molar-refractivity contribution in [1.29, 1.82) is 0 Å². The molecule has 0 spiro atoms. The van der Waals surface area contributed by atoms with E-state index in [0.717, 1.165) is 0 Å². The van der Waals surface area contributed by atoms with Crippen LogP contribution in [0.5, 0.6) is 34.5 Å². The Labute approximate surface area is 288 Å². The van der Waals surface area contributed by atoms with Gasteiger partial charge in [-0.1, -0.05) is 18.2 Å². The number of anilines is 4. The van der Waals surface area contributed by atoms with E-state index in [9.17, 15) is 14.7 Å². The van der Waals surface area contributed by atoms with Crippen LogP contribution in [0.2, 0.25) is 0 Å². The molecule has 16 heteroatoms. The first-order valence-corrected chi connectivity index (χ1v) is 14.8. The third kappa shape index (κ3) is 15.6. The molecule has 0 bridgehead atoms. The number of carboxylic acids is 1. The number of phenolic OH excluding ortho intramolecular Hbond substituents is 4. The maximum absolute atomic E-state index is 10.9. The summed E-state index contributed by atoms with van der Waals surface area (Å²) in [6.45, 7) is 2.98. The van der Waals surface area contributed by atoms with Crippen LogP contribution >= 0.6 is 0 Å². The Kier molecular flexibility index (Phi) is 18.0. The lowest BCUT2D eigenvalue weighted by molar-refractivity contribution is -0.141. The highest BCUT2D eigenvalue weighted by atomic mass is 16.5. The summed E-state index contributed by atoms with van der Waals surface area (Å²) in [5.74, 6) is -1.14. The van der Waals surface area contributed by atoms with Crippen LogP contribution in [0, 0.1) is 6.92 Å². The molecule has 0 aromatic heterocycles. The maximum atomic E-state index is 10.9. The van der Waals surface area contributed by atoms with Gasteiger partial charge in [-0.3, -0.25) is 4.79 Å². The third-order valence-electron chi connectivity index (χ3n) is 6.18. The summed E-state index contributed by atoms with van der Waals surface area (Å²) in [6.07, 6.45) is 0.0305. The van der Waals surface area contributed by atoms with E-state index >= 15 is 0 Å². The number of benzene rings is 4. The van der Waals surface area contributed by atoms with Gasteiger partial charge in [0.2, 0.25) is 5.91 Å². The number of aromatic hydroxyl groups is 4. The van der Waals surface area contributed by atoms with Gasteiger partial charge in [0.05, 0.1) is 24.6 Å². The van der Waals surface area contributed by atoms with Crippen LogP contribution < -0.4 is 37.7 Å². The Morgan fingerprint density at radius 3 is 1.58 bits per heavy atom. The first-order valence-electron chi connectivity index (χ1n) is 14.8. The zero-order valence-corrected chi connectivity index (χ0v) is 27.6. The SMILES string of the molecule is CC(=O)N[C@@H](Cc1ccc(O)c(O)c1)C(=O)O.Cc1c(O)cccc1O.Nc1cc(N)c(OCCO)cc1OCCO.Nc1cccc(N)c1. The molecule has 0 radical (unpaired) electrons. The zero-order valence-electron chi connectivity index (χ0n) is 27.6.